The summed E-state index contributed by atoms with van der Waals surface area (Å²) in [5, 5.41) is 4.25. The third kappa shape index (κ3) is 3.60. The van der Waals surface area contributed by atoms with E-state index in [1.165, 1.54) is 12.1 Å². The van der Waals surface area contributed by atoms with Crippen LogP contribution in [-0.4, -0.2) is 10.5 Å². The van der Waals surface area contributed by atoms with Gasteiger partial charge in [0.25, 0.3) is 11.5 Å². The third-order valence-corrected chi connectivity index (χ3v) is 6.16. The SMILES string of the molecule is Cc1c(C(=O)N[C@H](c2cccc(F)c2)C2CC2)c2ccccc2c(=O)n1-c1ccccc1. The van der Waals surface area contributed by atoms with Gasteiger partial charge in [-0.2, -0.15) is 0 Å². The molecule has 160 valence electrons. The van der Waals surface area contributed by atoms with Crippen molar-refractivity contribution in [2.45, 2.75) is 25.8 Å². The molecule has 32 heavy (non-hydrogen) atoms. The van der Waals surface area contributed by atoms with Gasteiger partial charge in [-0.15, -0.1) is 0 Å². The molecule has 4 nitrogen and oxygen atoms in total. The number of hydrogen-bond donors (Lipinski definition) is 1. The van der Waals surface area contributed by atoms with Crippen molar-refractivity contribution in [3.05, 3.63) is 112 Å². The van der Waals surface area contributed by atoms with Crippen LogP contribution in [0.4, 0.5) is 4.39 Å². The van der Waals surface area contributed by atoms with E-state index >= 15 is 0 Å². The van der Waals surface area contributed by atoms with E-state index in [4.69, 9.17) is 0 Å². The number of rotatable bonds is 5. The molecule has 0 spiro atoms. The van der Waals surface area contributed by atoms with E-state index in [1.807, 2.05) is 48.5 Å². The molecule has 1 aliphatic rings. The van der Waals surface area contributed by atoms with Crippen molar-refractivity contribution in [3.63, 3.8) is 0 Å². The number of nitrogens with zero attached hydrogens (tertiary/aromatic N) is 1. The number of nitrogens with one attached hydrogen (secondary N) is 1. The molecule has 0 radical (unpaired) electrons. The third-order valence-electron chi connectivity index (χ3n) is 6.16. The van der Waals surface area contributed by atoms with Crippen LogP contribution in [0.2, 0.25) is 0 Å². The predicted octanol–water partition coefficient (Wildman–Crippen LogP) is 5.32. The van der Waals surface area contributed by atoms with Crippen molar-refractivity contribution in [1.29, 1.82) is 0 Å². The topological polar surface area (TPSA) is 51.1 Å². The molecule has 1 fully saturated rings. The standard InChI is InChI=1S/C27H23FN2O2/c1-17-24(26(31)29-25(18-14-15-18)19-8-7-9-20(28)16-19)22-12-5-6-13-23(22)27(32)30(17)21-10-3-2-4-11-21/h2-13,16,18,25H,14-15H2,1H3,(H,29,31)/t25-/m0/s1. The lowest BCUT2D eigenvalue weighted by Gasteiger charge is -2.22. The maximum Gasteiger partial charge on any atom is 0.263 e. The van der Waals surface area contributed by atoms with Crippen molar-refractivity contribution >= 4 is 16.7 Å². The van der Waals surface area contributed by atoms with Crippen LogP contribution in [0.15, 0.2) is 83.7 Å². The molecule has 1 aliphatic carbocycles. The van der Waals surface area contributed by atoms with E-state index in [0.717, 1.165) is 18.4 Å². The van der Waals surface area contributed by atoms with Gasteiger partial charge in [-0.25, -0.2) is 4.39 Å². The number of benzene rings is 3. The lowest BCUT2D eigenvalue weighted by atomic mass is 9.99. The highest BCUT2D eigenvalue weighted by Gasteiger charge is 2.34. The molecule has 0 saturated heterocycles. The summed E-state index contributed by atoms with van der Waals surface area (Å²) in [6, 6.07) is 22.6. The van der Waals surface area contributed by atoms with Crippen LogP contribution >= 0.6 is 0 Å². The van der Waals surface area contributed by atoms with E-state index in [0.29, 0.717) is 27.7 Å². The molecular formula is C27H23FN2O2. The molecule has 5 heteroatoms. The van der Waals surface area contributed by atoms with E-state index in [1.54, 1.807) is 29.7 Å². The van der Waals surface area contributed by atoms with Crippen molar-refractivity contribution in [2.24, 2.45) is 5.92 Å². The van der Waals surface area contributed by atoms with Crippen LogP contribution < -0.4 is 10.9 Å². The second-order valence-electron chi connectivity index (χ2n) is 8.33. The minimum absolute atomic E-state index is 0.162. The van der Waals surface area contributed by atoms with Gasteiger partial charge in [-0.3, -0.25) is 14.2 Å². The summed E-state index contributed by atoms with van der Waals surface area (Å²) in [4.78, 5) is 27.0. The number of hydrogen-bond acceptors (Lipinski definition) is 2. The Morgan fingerprint density at radius 3 is 2.34 bits per heavy atom. The van der Waals surface area contributed by atoms with Crippen molar-refractivity contribution < 1.29 is 9.18 Å². The number of pyridine rings is 1. The lowest BCUT2D eigenvalue weighted by Crippen LogP contribution is -2.33. The molecule has 1 saturated carbocycles. The van der Waals surface area contributed by atoms with Crippen LogP contribution in [0.25, 0.3) is 16.5 Å². The van der Waals surface area contributed by atoms with Gasteiger partial charge in [0.05, 0.1) is 11.6 Å². The monoisotopic (exact) mass is 426 g/mol. The summed E-state index contributed by atoms with van der Waals surface area (Å²) < 4.78 is 15.5. The highest BCUT2D eigenvalue weighted by Crippen LogP contribution is 2.41. The molecule has 0 aliphatic heterocycles. The number of halogens is 1. The first kappa shape index (κ1) is 20.2. The number of fused-ring (bicyclic) bond motifs is 1. The van der Waals surface area contributed by atoms with Crippen molar-refractivity contribution in [3.8, 4) is 5.69 Å². The summed E-state index contributed by atoms with van der Waals surface area (Å²) >= 11 is 0. The summed E-state index contributed by atoms with van der Waals surface area (Å²) in [6.45, 7) is 1.80. The van der Waals surface area contributed by atoms with Gasteiger partial charge < -0.3 is 5.32 Å². The van der Waals surface area contributed by atoms with Gasteiger partial charge in [0.15, 0.2) is 0 Å². The molecular weight excluding hydrogens is 403 g/mol. The zero-order valence-corrected chi connectivity index (χ0v) is 17.7. The zero-order chi connectivity index (χ0) is 22.2. The van der Waals surface area contributed by atoms with Crippen molar-refractivity contribution in [1.82, 2.24) is 9.88 Å². The fourth-order valence-corrected chi connectivity index (χ4v) is 4.46. The van der Waals surface area contributed by atoms with E-state index in [2.05, 4.69) is 5.32 Å². The Labute approximate surface area is 185 Å². The highest BCUT2D eigenvalue weighted by atomic mass is 19.1. The molecule has 1 heterocycles. The molecule has 1 atom stereocenters. The Bertz CT molecular complexity index is 1370. The van der Waals surface area contributed by atoms with Gasteiger partial charge in [-0.1, -0.05) is 48.5 Å². The first-order valence-electron chi connectivity index (χ1n) is 10.8. The van der Waals surface area contributed by atoms with Gasteiger partial charge >= 0.3 is 0 Å². The van der Waals surface area contributed by atoms with Gasteiger partial charge in [0.2, 0.25) is 0 Å². The summed E-state index contributed by atoms with van der Waals surface area (Å²) in [6.07, 6.45) is 1.98. The van der Waals surface area contributed by atoms with Crippen molar-refractivity contribution in [2.75, 3.05) is 0 Å². The largest absolute Gasteiger partial charge is 0.345 e. The fourth-order valence-electron chi connectivity index (χ4n) is 4.46. The van der Waals surface area contributed by atoms with Gasteiger partial charge in [0, 0.05) is 22.2 Å². The number of aromatic nitrogens is 1. The second-order valence-corrected chi connectivity index (χ2v) is 8.33. The van der Waals surface area contributed by atoms with Crippen LogP contribution in [0, 0.1) is 18.7 Å². The number of carbonyl (C=O) groups excluding carboxylic acids is 1. The van der Waals surface area contributed by atoms with Gasteiger partial charge in [-0.05, 0) is 61.6 Å². The average molecular weight is 426 g/mol. The number of carbonyl (C=O) groups is 1. The Kier molecular flexibility index (Phi) is 5.10. The Morgan fingerprint density at radius 2 is 1.66 bits per heavy atom. The molecule has 1 amide bonds. The molecule has 3 aromatic carbocycles. The zero-order valence-electron chi connectivity index (χ0n) is 17.7. The molecule has 4 aromatic rings. The molecule has 0 bridgehead atoms. The number of para-hydroxylation sites is 1. The minimum atomic E-state index is -0.318. The average Bonchev–Trinajstić information content (AvgIpc) is 3.64. The van der Waals surface area contributed by atoms with Gasteiger partial charge in [0.1, 0.15) is 5.82 Å². The first-order chi connectivity index (χ1) is 15.5. The fraction of sp³-hybridized carbons (Fsp3) is 0.185. The first-order valence-corrected chi connectivity index (χ1v) is 10.8. The maximum atomic E-state index is 13.9. The highest BCUT2D eigenvalue weighted by molar-refractivity contribution is 6.08. The lowest BCUT2D eigenvalue weighted by molar-refractivity contribution is 0.0932. The number of amides is 1. The van der Waals surface area contributed by atoms with E-state index in [-0.39, 0.29) is 29.2 Å². The maximum absolute atomic E-state index is 13.9. The van der Waals surface area contributed by atoms with E-state index in [9.17, 15) is 14.0 Å². The van der Waals surface area contributed by atoms with Crippen LogP contribution in [-0.2, 0) is 0 Å². The molecule has 5 rings (SSSR count). The minimum Gasteiger partial charge on any atom is -0.345 e. The quantitative estimate of drug-likeness (QED) is 0.470. The Balaban J connectivity index is 1.65. The predicted molar refractivity (Wildman–Crippen MR) is 124 cm³/mol. The smallest absolute Gasteiger partial charge is 0.263 e. The van der Waals surface area contributed by atoms with E-state index < -0.39 is 0 Å². The molecule has 1 aromatic heterocycles. The summed E-state index contributed by atoms with van der Waals surface area (Å²) in [7, 11) is 0. The summed E-state index contributed by atoms with van der Waals surface area (Å²) in [5.74, 6) is -0.293. The van der Waals surface area contributed by atoms with Crippen LogP contribution in [0.3, 0.4) is 0 Å². The Morgan fingerprint density at radius 1 is 0.969 bits per heavy atom. The summed E-state index contributed by atoms with van der Waals surface area (Å²) in [5.41, 5.74) is 2.35. The normalized spacial score (nSPS) is 14.3. The van der Waals surface area contributed by atoms with Crippen LogP contribution in [0.5, 0.6) is 0 Å². The second kappa shape index (κ2) is 8.08. The molecule has 0 unspecified atom stereocenters. The van der Waals surface area contributed by atoms with Crippen LogP contribution in [0.1, 0.15) is 40.5 Å². The molecule has 1 N–H and O–H groups in total. The Hall–Kier alpha value is -3.73.